The van der Waals surface area contributed by atoms with Crippen molar-refractivity contribution in [3.05, 3.63) is 88.0 Å². The fraction of sp³-hybridized carbons (Fsp3) is 0.0476. The lowest BCUT2D eigenvalue weighted by molar-refractivity contribution is 0.484. The maximum absolute atomic E-state index is 6.22. The van der Waals surface area contributed by atoms with Crippen LogP contribution in [0.2, 0.25) is 10.0 Å². The number of nitrogens with one attached hydrogen (secondary N) is 1. The van der Waals surface area contributed by atoms with Gasteiger partial charge in [0.15, 0.2) is 5.75 Å². The fourth-order valence-corrected chi connectivity index (χ4v) is 3.56. The van der Waals surface area contributed by atoms with Gasteiger partial charge in [-0.1, -0.05) is 53.5 Å². The van der Waals surface area contributed by atoms with Crippen LogP contribution in [0.1, 0.15) is 11.1 Å². The zero-order valence-electron chi connectivity index (χ0n) is 13.8. The Kier molecular flexibility index (Phi) is 4.49. The zero-order chi connectivity index (χ0) is 18.1. The number of fused-ring (bicyclic) bond motifs is 1. The number of ether oxygens (including phenoxy) is 1. The highest BCUT2D eigenvalue weighted by molar-refractivity contribution is 6.37. The van der Waals surface area contributed by atoms with Crippen molar-refractivity contribution < 1.29 is 4.74 Å². The third-order valence-corrected chi connectivity index (χ3v) is 4.78. The first-order valence-electron chi connectivity index (χ1n) is 8.16. The minimum Gasteiger partial charge on any atom is -0.454 e. The number of aromatic amines is 1. The van der Waals surface area contributed by atoms with Crippen LogP contribution < -0.4 is 10.5 Å². The van der Waals surface area contributed by atoms with Gasteiger partial charge in [0.05, 0.1) is 10.0 Å². The minimum atomic E-state index is 0.383. The van der Waals surface area contributed by atoms with Crippen LogP contribution in [0.3, 0.4) is 0 Å². The van der Waals surface area contributed by atoms with E-state index >= 15 is 0 Å². The number of H-pyrrole nitrogens is 1. The molecule has 0 saturated carbocycles. The maximum atomic E-state index is 6.22. The summed E-state index contributed by atoms with van der Waals surface area (Å²) in [6.07, 6.45) is 2.87. The lowest BCUT2D eigenvalue weighted by atomic mass is 10.0. The van der Waals surface area contributed by atoms with E-state index in [2.05, 4.69) is 17.1 Å². The predicted molar refractivity (Wildman–Crippen MR) is 108 cm³/mol. The Hall–Kier alpha value is -2.62. The van der Waals surface area contributed by atoms with E-state index in [-0.39, 0.29) is 0 Å². The Balaban J connectivity index is 1.68. The molecule has 0 amide bonds. The molecule has 0 aliphatic rings. The molecule has 1 aromatic heterocycles. The second-order valence-corrected chi connectivity index (χ2v) is 6.91. The van der Waals surface area contributed by atoms with Gasteiger partial charge in [-0.2, -0.15) is 0 Å². The van der Waals surface area contributed by atoms with Gasteiger partial charge in [0, 0.05) is 22.8 Å². The monoisotopic (exact) mass is 382 g/mol. The topological polar surface area (TPSA) is 51.0 Å². The van der Waals surface area contributed by atoms with Crippen LogP contribution in [0.15, 0.2) is 66.9 Å². The van der Waals surface area contributed by atoms with Gasteiger partial charge in [-0.25, -0.2) is 0 Å². The highest BCUT2D eigenvalue weighted by Crippen LogP contribution is 2.39. The number of nitrogens with two attached hydrogens (primary N) is 1. The van der Waals surface area contributed by atoms with Gasteiger partial charge in [-0.05, 0) is 47.9 Å². The van der Waals surface area contributed by atoms with E-state index in [1.165, 1.54) is 11.1 Å². The van der Waals surface area contributed by atoms with Crippen LogP contribution in [-0.4, -0.2) is 4.98 Å². The molecule has 4 rings (SSSR count). The Labute approximate surface area is 161 Å². The molecular weight excluding hydrogens is 367 g/mol. The van der Waals surface area contributed by atoms with Crippen LogP contribution in [-0.2, 0) is 6.42 Å². The molecule has 0 bridgehead atoms. The predicted octanol–water partition coefficient (Wildman–Crippen LogP) is 6.44. The summed E-state index contributed by atoms with van der Waals surface area (Å²) in [7, 11) is 0. The first-order valence-corrected chi connectivity index (χ1v) is 8.92. The van der Waals surface area contributed by atoms with E-state index in [4.69, 9.17) is 33.7 Å². The Morgan fingerprint density at radius 1 is 0.923 bits per heavy atom. The average Bonchev–Trinajstić information content (AvgIpc) is 3.01. The molecule has 3 aromatic carbocycles. The molecule has 0 saturated heterocycles. The fourth-order valence-electron chi connectivity index (χ4n) is 2.98. The first-order chi connectivity index (χ1) is 12.6. The molecule has 0 aliphatic carbocycles. The summed E-state index contributed by atoms with van der Waals surface area (Å²) in [5.41, 5.74) is 9.75. The molecule has 3 N–H and O–H groups in total. The third-order valence-electron chi connectivity index (χ3n) is 4.22. The molecular formula is C21H16Cl2N2O. The largest absolute Gasteiger partial charge is 0.454 e. The van der Waals surface area contributed by atoms with Crippen LogP contribution in [0.5, 0.6) is 11.5 Å². The molecule has 5 heteroatoms. The molecule has 0 atom stereocenters. The number of benzene rings is 3. The van der Waals surface area contributed by atoms with Gasteiger partial charge in [-0.15, -0.1) is 0 Å². The van der Waals surface area contributed by atoms with Crippen molar-refractivity contribution in [3.8, 4) is 11.5 Å². The molecule has 26 heavy (non-hydrogen) atoms. The highest BCUT2D eigenvalue weighted by Gasteiger charge is 2.12. The molecule has 0 fully saturated rings. The number of nitrogen functional groups attached to an aromatic ring is 1. The number of rotatable bonds is 4. The minimum absolute atomic E-state index is 0.383. The van der Waals surface area contributed by atoms with Crippen molar-refractivity contribution in [3.63, 3.8) is 0 Å². The third kappa shape index (κ3) is 3.36. The normalized spacial score (nSPS) is 11.0. The van der Waals surface area contributed by atoms with Crippen LogP contribution in [0.4, 0.5) is 5.69 Å². The van der Waals surface area contributed by atoms with Crippen LogP contribution in [0, 0.1) is 0 Å². The van der Waals surface area contributed by atoms with Crippen molar-refractivity contribution in [2.75, 3.05) is 5.73 Å². The molecule has 0 spiro atoms. The van der Waals surface area contributed by atoms with Gasteiger partial charge in [0.1, 0.15) is 5.75 Å². The standard InChI is InChI=1S/C21H16Cl2N2O/c22-18-9-15(24)10-19(23)21(18)26-16-6-7-20-17(11-16)14(12-25-20)8-13-4-2-1-3-5-13/h1-7,9-12,25H,8,24H2. The Morgan fingerprint density at radius 3 is 2.38 bits per heavy atom. The smallest absolute Gasteiger partial charge is 0.164 e. The van der Waals surface area contributed by atoms with E-state index in [1.54, 1.807) is 12.1 Å². The van der Waals surface area contributed by atoms with Crippen molar-refractivity contribution in [1.82, 2.24) is 4.98 Å². The van der Waals surface area contributed by atoms with Gasteiger partial charge in [-0.3, -0.25) is 0 Å². The summed E-state index contributed by atoms with van der Waals surface area (Å²) in [5.74, 6) is 1.07. The van der Waals surface area contributed by atoms with Gasteiger partial charge >= 0.3 is 0 Å². The van der Waals surface area contributed by atoms with E-state index in [0.717, 1.165) is 17.3 Å². The molecule has 0 radical (unpaired) electrons. The van der Waals surface area contributed by atoms with E-state index in [9.17, 15) is 0 Å². The lowest BCUT2D eigenvalue weighted by Gasteiger charge is -2.11. The number of hydrogen-bond donors (Lipinski definition) is 2. The average molecular weight is 383 g/mol. The second kappa shape index (κ2) is 6.94. The molecule has 130 valence electrons. The number of anilines is 1. The lowest BCUT2D eigenvalue weighted by Crippen LogP contribution is -1.91. The molecule has 0 unspecified atom stereocenters. The van der Waals surface area contributed by atoms with Crippen molar-refractivity contribution >= 4 is 39.8 Å². The summed E-state index contributed by atoms with van der Waals surface area (Å²) in [6, 6.07) is 19.5. The molecule has 0 aliphatic heterocycles. The second-order valence-electron chi connectivity index (χ2n) is 6.10. The number of halogens is 2. The maximum Gasteiger partial charge on any atom is 0.164 e. The summed E-state index contributed by atoms with van der Waals surface area (Å²) in [4.78, 5) is 3.31. The van der Waals surface area contributed by atoms with Crippen LogP contribution in [0.25, 0.3) is 10.9 Å². The molecule has 4 aromatic rings. The molecule has 3 nitrogen and oxygen atoms in total. The number of hydrogen-bond acceptors (Lipinski definition) is 2. The van der Waals surface area contributed by atoms with Crippen LogP contribution >= 0.6 is 23.2 Å². The highest BCUT2D eigenvalue weighted by atomic mass is 35.5. The Morgan fingerprint density at radius 2 is 1.65 bits per heavy atom. The first kappa shape index (κ1) is 16.8. The summed E-state index contributed by atoms with van der Waals surface area (Å²) < 4.78 is 5.94. The van der Waals surface area contributed by atoms with Gasteiger partial charge in [0.25, 0.3) is 0 Å². The summed E-state index contributed by atoms with van der Waals surface area (Å²) in [6.45, 7) is 0. The van der Waals surface area contributed by atoms with Gasteiger partial charge < -0.3 is 15.5 Å². The molecule has 1 heterocycles. The van der Waals surface area contributed by atoms with Crippen molar-refractivity contribution in [2.24, 2.45) is 0 Å². The Bertz CT molecular complexity index is 1050. The zero-order valence-corrected chi connectivity index (χ0v) is 15.3. The van der Waals surface area contributed by atoms with E-state index in [1.807, 2.05) is 42.6 Å². The number of aromatic nitrogens is 1. The SMILES string of the molecule is Nc1cc(Cl)c(Oc2ccc3[nH]cc(Cc4ccccc4)c3c2)c(Cl)c1. The summed E-state index contributed by atoms with van der Waals surface area (Å²) >= 11 is 12.4. The van der Waals surface area contributed by atoms with Gasteiger partial charge in [0.2, 0.25) is 0 Å². The van der Waals surface area contributed by atoms with E-state index in [0.29, 0.717) is 27.2 Å². The van der Waals surface area contributed by atoms with Crippen molar-refractivity contribution in [2.45, 2.75) is 6.42 Å². The quantitative estimate of drug-likeness (QED) is 0.399. The van der Waals surface area contributed by atoms with E-state index < -0.39 is 0 Å². The van der Waals surface area contributed by atoms with Crippen molar-refractivity contribution in [1.29, 1.82) is 0 Å². The summed E-state index contributed by atoms with van der Waals surface area (Å²) in [5, 5.41) is 1.87.